The second-order valence-corrected chi connectivity index (χ2v) is 6.79. The standard InChI is InChI=1S/C22H25N3O4/c1-3-4-19(26)29-20-12-9-16-13-17(10-11-18(16)28-20)25-22(27)15-7-5-14(6-8-15)21(23)24-2/h5-8,10-11,13,20H,3-4,9,12H2,1-2H3,(H2,23,24)(H,25,27). The van der Waals surface area contributed by atoms with Crippen molar-refractivity contribution in [2.75, 3.05) is 12.4 Å². The molecule has 3 rings (SSSR count). The number of nitrogens with one attached hydrogen (secondary N) is 1. The van der Waals surface area contributed by atoms with E-state index in [1.54, 1.807) is 43.4 Å². The molecule has 7 heteroatoms. The highest BCUT2D eigenvalue weighted by Gasteiger charge is 2.23. The summed E-state index contributed by atoms with van der Waals surface area (Å²) in [4.78, 5) is 28.1. The Morgan fingerprint density at radius 2 is 1.93 bits per heavy atom. The lowest BCUT2D eigenvalue weighted by Crippen LogP contribution is -2.28. The molecular weight excluding hydrogens is 370 g/mol. The summed E-state index contributed by atoms with van der Waals surface area (Å²) in [6.07, 6.45) is 1.86. The first-order valence-corrected chi connectivity index (χ1v) is 9.63. The van der Waals surface area contributed by atoms with Gasteiger partial charge < -0.3 is 20.5 Å². The van der Waals surface area contributed by atoms with Crippen molar-refractivity contribution in [3.05, 3.63) is 59.2 Å². The van der Waals surface area contributed by atoms with Crippen molar-refractivity contribution in [1.82, 2.24) is 0 Å². The van der Waals surface area contributed by atoms with Gasteiger partial charge in [0.2, 0.25) is 6.29 Å². The van der Waals surface area contributed by atoms with Crippen LogP contribution in [0.4, 0.5) is 5.69 Å². The Morgan fingerprint density at radius 3 is 2.62 bits per heavy atom. The number of nitrogens with two attached hydrogens (primary N) is 1. The topological polar surface area (TPSA) is 103 Å². The van der Waals surface area contributed by atoms with Crippen LogP contribution in [-0.4, -0.2) is 31.0 Å². The van der Waals surface area contributed by atoms with Crippen molar-refractivity contribution < 1.29 is 19.1 Å². The van der Waals surface area contributed by atoms with Gasteiger partial charge in [-0.2, -0.15) is 0 Å². The van der Waals surface area contributed by atoms with Crippen LogP contribution in [0.2, 0.25) is 0 Å². The molecule has 0 aromatic heterocycles. The molecule has 29 heavy (non-hydrogen) atoms. The van der Waals surface area contributed by atoms with Crippen LogP contribution in [0.15, 0.2) is 47.5 Å². The van der Waals surface area contributed by atoms with E-state index in [0.717, 1.165) is 17.5 Å². The highest BCUT2D eigenvalue weighted by Crippen LogP contribution is 2.30. The fraction of sp³-hybridized carbons (Fsp3) is 0.318. The number of rotatable bonds is 6. The molecule has 1 aliphatic rings. The average molecular weight is 395 g/mol. The normalized spacial score (nSPS) is 15.8. The number of aryl methyl sites for hydroxylation is 1. The van der Waals surface area contributed by atoms with Gasteiger partial charge >= 0.3 is 5.97 Å². The number of carbonyl (C=O) groups excluding carboxylic acids is 2. The zero-order chi connectivity index (χ0) is 20.8. The van der Waals surface area contributed by atoms with Gasteiger partial charge in [-0.3, -0.25) is 14.6 Å². The van der Waals surface area contributed by atoms with Crippen molar-refractivity contribution in [3.63, 3.8) is 0 Å². The molecule has 0 fully saturated rings. The Kier molecular flexibility index (Phi) is 6.49. The zero-order valence-corrected chi connectivity index (χ0v) is 16.6. The van der Waals surface area contributed by atoms with E-state index in [-0.39, 0.29) is 11.9 Å². The second kappa shape index (κ2) is 9.23. The lowest BCUT2D eigenvalue weighted by atomic mass is 10.0. The number of amides is 1. The van der Waals surface area contributed by atoms with E-state index in [2.05, 4.69) is 10.3 Å². The van der Waals surface area contributed by atoms with Crippen molar-refractivity contribution in [3.8, 4) is 5.75 Å². The van der Waals surface area contributed by atoms with Gasteiger partial charge in [0.25, 0.3) is 5.91 Å². The number of nitrogens with zero attached hydrogens (tertiary/aromatic N) is 1. The van der Waals surface area contributed by atoms with Crippen LogP contribution in [0, 0.1) is 0 Å². The van der Waals surface area contributed by atoms with Gasteiger partial charge in [0.15, 0.2) is 0 Å². The molecule has 1 amide bonds. The highest BCUT2D eigenvalue weighted by molar-refractivity contribution is 6.05. The van der Waals surface area contributed by atoms with E-state index >= 15 is 0 Å². The minimum Gasteiger partial charge on any atom is -0.454 e. The molecule has 0 aliphatic carbocycles. The molecule has 1 unspecified atom stereocenters. The summed E-state index contributed by atoms with van der Waals surface area (Å²) in [6, 6.07) is 12.4. The van der Waals surface area contributed by atoms with E-state index < -0.39 is 6.29 Å². The van der Waals surface area contributed by atoms with Gasteiger partial charge in [-0.1, -0.05) is 19.1 Å². The molecular formula is C22H25N3O4. The Labute approximate surface area is 169 Å². The number of esters is 1. The summed E-state index contributed by atoms with van der Waals surface area (Å²) in [5.41, 5.74) is 8.70. The quantitative estimate of drug-likeness (QED) is 0.444. The Morgan fingerprint density at radius 1 is 1.21 bits per heavy atom. The van der Waals surface area contributed by atoms with Crippen LogP contribution in [0.3, 0.4) is 0 Å². The average Bonchev–Trinajstić information content (AvgIpc) is 2.73. The molecule has 2 aromatic rings. The number of carbonyl (C=O) groups is 2. The molecule has 0 spiro atoms. The van der Waals surface area contributed by atoms with Crippen molar-refractivity contribution in [2.24, 2.45) is 10.7 Å². The first kappa shape index (κ1) is 20.4. The lowest BCUT2D eigenvalue weighted by Gasteiger charge is -2.26. The summed E-state index contributed by atoms with van der Waals surface area (Å²) in [6.45, 7) is 1.93. The van der Waals surface area contributed by atoms with Crippen molar-refractivity contribution >= 4 is 23.4 Å². The monoisotopic (exact) mass is 395 g/mol. The minimum atomic E-state index is -0.556. The van der Waals surface area contributed by atoms with Crippen LogP contribution in [0.5, 0.6) is 5.75 Å². The van der Waals surface area contributed by atoms with Crippen LogP contribution in [0.1, 0.15) is 47.7 Å². The van der Waals surface area contributed by atoms with Crippen LogP contribution < -0.4 is 15.8 Å². The Bertz CT molecular complexity index is 922. The van der Waals surface area contributed by atoms with Gasteiger partial charge in [-0.05, 0) is 48.7 Å². The predicted octanol–water partition coefficient (Wildman–Crippen LogP) is 3.27. The van der Waals surface area contributed by atoms with Crippen molar-refractivity contribution in [2.45, 2.75) is 38.9 Å². The largest absolute Gasteiger partial charge is 0.454 e. The van der Waals surface area contributed by atoms with Gasteiger partial charge in [-0.15, -0.1) is 0 Å². The SMILES string of the molecule is CCCC(=O)OC1CCc2cc(NC(=O)c3ccc(C(N)=NC)cc3)ccc2O1. The van der Waals surface area contributed by atoms with Gasteiger partial charge in [0.05, 0.1) is 0 Å². The van der Waals surface area contributed by atoms with E-state index in [0.29, 0.717) is 42.1 Å². The van der Waals surface area contributed by atoms with E-state index in [4.69, 9.17) is 15.2 Å². The van der Waals surface area contributed by atoms with E-state index in [9.17, 15) is 9.59 Å². The number of aliphatic imine (C=N–C) groups is 1. The van der Waals surface area contributed by atoms with Gasteiger partial charge in [0, 0.05) is 36.7 Å². The maximum Gasteiger partial charge on any atom is 0.308 e. The van der Waals surface area contributed by atoms with E-state index in [1.807, 2.05) is 13.0 Å². The van der Waals surface area contributed by atoms with Crippen LogP contribution in [0.25, 0.3) is 0 Å². The molecule has 0 radical (unpaired) electrons. The van der Waals surface area contributed by atoms with Gasteiger partial charge in [-0.25, -0.2) is 0 Å². The molecule has 2 aromatic carbocycles. The molecule has 1 heterocycles. The zero-order valence-electron chi connectivity index (χ0n) is 16.6. The number of benzene rings is 2. The first-order chi connectivity index (χ1) is 14.0. The molecule has 0 saturated heterocycles. The Hall–Kier alpha value is -3.35. The number of hydrogen-bond acceptors (Lipinski definition) is 5. The van der Waals surface area contributed by atoms with Crippen molar-refractivity contribution in [1.29, 1.82) is 0 Å². The summed E-state index contributed by atoms with van der Waals surface area (Å²) >= 11 is 0. The molecule has 1 atom stereocenters. The third kappa shape index (κ3) is 5.13. The molecule has 152 valence electrons. The smallest absolute Gasteiger partial charge is 0.308 e. The fourth-order valence-corrected chi connectivity index (χ4v) is 3.06. The van der Waals surface area contributed by atoms with Crippen LogP contribution in [-0.2, 0) is 16.0 Å². The number of anilines is 1. The summed E-state index contributed by atoms with van der Waals surface area (Å²) in [7, 11) is 1.62. The second-order valence-electron chi connectivity index (χ2n) is 6.79. The third-order valence-electron chi connectivity index (χ3n) is 4.63. The number of hydrogen-bond donors (Lipinski definition) is 2. The summed E-state index contributed by atoms with van der Waals surface area (Å²) in [5.74, 6) is 0.627. The van der Waals surface area contributed by atoms with Gasteiger partial charge in [0.1, 0.15) is 11.6 Å². The maximum atomic E-state index is 12.5. The molecule has 7 nitrogen and oxygen atoms in total. The minimum absolute atomic E-state index is 0.216. The molecule has 1 aliphatic heterocycles. The first-order valence-electron chi connectivity index (χ1n) is 9.63. The highest BCUT2D eigenvalue weighted by atomic mass is 16.7. The van der Waals surface area contributed by atoms with Crippen LogP contribution >= 0.6 is 0 Å². The molecule has 0 saturated carbocycles. The number of ether oxygens (including phenoxy) is 2. The predicted molar refractivity (Wildman–Crippen MR) is 111 cm³/mol. The summed E-state index contributed by atoms with van der Waals surface area (Å²) in [5, 5.41) is 2.89. The third-order valence-corrected chi connectivity index (χ3v) is 4.63. The number of amidine groups is 1. The summed E-state index contributed by atoms with van der Waals surface area (Å²) < 4.78 is 11.1. The fourth-order valence-electron chi connectivity index (χ4n) is 3.06. The Balaban J connectivity index is 1.63. The molecule has 0 bridgehead atoms. The number of fused-ring (bicyclic) bond motifs is 1. The molecule has 3 N–H and O–H groups in total. The van der Waals surface area contributed by atoms with E-state index in [1.165, 1.54) is 0 Å². The maximum absolute atomic E-state index is 12.5. The lowest BCUT2D eigenvalue weighted by molar-refractivity contribution is -0.165.